The van der Waals surface area contributed by atoms with Gasteiger partial charge in [-0.3, -0.25) is 0 Å². The minimum atomic E-state index is -0.697. The van der Waals surface area contributed by atoms with Crippen molar-refractivity contribution in [3.8, 4) is 23.0 Å². The van der Waals surface area contributed by atoms with Gasteiger partial charge in [-0.15, -0.1) is 10.2 Å². The number of methoxy groups -OCH3 is 1. The van der Waals surface area contributed by atoms with E-state index >= 15 is 0 Å². The number of esters is 1. The Kier molecular flexibility index (Phi) is 5.61. The number of rotatable bonds is 7. The zero-order chi connectivity index (χ0) is 20.9. The highest BCUT2D eigenvalue weighted by Gasteiger charge is 2.19. The summed E-state index contributed by atoms with van der Waals surface area (Å²) in [6.45, 7) is 1.45. The van der Waals surface area contributed by atoms with Crippen LogP contribution in [-0.4, -0.2) is 29.9 Å². The molecule has 0 aliphatic carbocycles. The van der Waals surface area contributed by atoms with E-state index < -0.39 is 12.1 Å². The molecule has 30 heavy (non-hydrogen) atoms. The standard InChI is InChI=1S/C23H20N2O5/c1-15(22-24-25-23(30-22)17-8-10-19(27-2)11-9-17)29-21(26)14-28-20-12-7-16-5-3-4-6-18(16)13-20/h3-13,15H,14H2,1-2H3/t15-/m0/s1. The highest BCUT2D eigenvalue weighted by atomic mass is 16.6. The molecule has 4 rings (SSSR count). The molecule has 0 spiro atoms. The van der Waals surface area contributed by atoms with E-state index in [1.807, 2.05) is 54.6 Å². The fraction of sp³-hybridized carbons (Fsp3) is 0.174. The highest BCUT2D eigenvalue weighted by Crippen LogP contribution is 2.25. The van der Waals surface area contributed by atoms with Gasteiger partial charge in [0.2, 0.25) is 5.89 Å². The molecular formula is C23H20N2O5. The van der Waals surface area contributed by atoms with Gasteiger partial charge >= 0.3 is 5.97 Å². The molecule has 0 fully saturated rings. The lowest BCUT2D eigenvalue weighted by molar-refractivity contribution is -0.152. The van der Waals surface area contributed by atoms with Crippen LogP contribution in [0.3, 0.4) is 0 Å². The van der Waals surface area contributed by atoms with Crippen LogP contribution in [0.15, 0.2) is 71.1 Å². The SMILES string of the molecule is COc1ccc(-c2nnc([C@H](C)OC(=O)COc3ccc4ccccc4c3)o2)cc1. The number of carbonyl (C=O) groups excluding carboxylic acids is 1. The molecule has 4 aromatic rings. The second-order valence-electron chi connectivity index (χ2n) is 6.60. The zero-order valence-electron chi connectivity index (χ0n) is 16.6. The van der Waals surface area contributed by atoms with E-state index in [1.54, 1.807) is 26.2 Å². The first-order valence-electron chi connectivity index (χ1n) is 9.41. The van der Waals surface area contributed by atoms with Crippen LogP contribution in [0.5, 0.6) is 11.5 Å². The van der Waals surface area contributed by atoms with Crippen molar-refractivity contribution < 1.29 is 23.4 Å². The zero-order valence-corrected chi connectivity index (χ0v) is 16.6. The van der Waals surface area contributed by atoms with Crippen molar-refractivity contribution in [2.45, 2.75) is 13.0 Å². The molecule has 0 amide bonds. The highest BCUT2D eigenvalue weighted by molar-refractivity contribution is 5.83. The predicted molar refractivity (Wildman–Crippen MR) is 110 cm³/mol. The third kappa shape index (κ3) is 4.41. The number of ether oxygens (including phenoxy) is 3. The molecule has 152 valence electrons. The summed E-state index contributed by atoms with van der Waals surface area (Å²) in [7, 11) is 1.60. The summed E-state index contributed by atoms with van der Waals surface area (Å²) in [6, 6.07) is 20.8. The van der Waals surface area contributed by atoms with Crippen LogP contribution in [0.1, 0.15) is 18.9 Å². The molecule has 1 heterocycles. The maximum atomic E-state index is 12.2. The Bertz CT molecular complexity index is 1150. The fourth-order valence-corrected chi connectivity index (χ4v) is 2.93. The van der Waals surface area contributed by atoms with E-state index in [9.17, 15) is 4.79 Å². The van der Waals surface area contributed by atoms with Gasteiger partial charge in [0, 0.05) is 5.56 Å². The lowest BCUT2D eigenvalue weighted by Crippen LogP contribution is -2.17. The Hall–Kier alpha value is -3.87. The predicted octanol–water partition coefficient (Wildman–Crippen LogP) is 4.58. The lowest BCUT2D eigenvalue weighted by atomic mass is 10.1. The van der Waals surface area contributed by atoms with Crippen molar-refractivity contribution in [2.75, 3.05) is 13.7 Å². The van der Waals surface area contributed by atoms with Gasteiger partial charge in [0.05, 0.1) is 7.11 Å². The average molecular weight is 404 g/mol. The van der Waals surface area contributed by atoms with Gasteiger partial charge in [-0.1, -0.05) is 30.3 Å². The van der Waals surface area contributed by atoms with Crippen LogP contribution >= 0.6 is 0 Å². The summed E-state index contributed by atoms with van der Waals surface area (Å²) in [5.41, 5.74) is 0.743. The first kappa shape index (κ1) is 19.4. The van der Waals surface area contributed by atoms with E-state index in [-0.39, 0.29) is 12.5 Å². The second-order valence-corrected chi connectivity index (χ2v) is 6.60. The van der Waals surface area contributed by atoms with Crippen molar-refractivity contribution in [3.63, 3.8) is 0 Å². The van der Waals surface area contributed by atoms with E-state index in [1.165, 1.54) is 0 Å². The molecule has 0 saturated heterocycles. The van der Waals surface area contributed by atoms with Crippen molar-refractivity contribution in [1.82, 2.24) is 10.2 Å². The van der Waals surface area contributed by atoms with E-state index in [0.29, 0.717) is 11.6 Å². The number of benzene rings is 3. The van der Waals surface area contributed by atoms with Gasteiger partial charge in [0.25, 0.3) is 5.89 Å². The van der Waals surface area contributed by atoms with Gasteiger partial charge in [-0.25, -0.2) is 4.79 Å². The fourth-order valence-electron chi connectivity index (χ4n) is 2.93. The third-order valence-corrected chi connectivity index (χ3v) is 4.51. The quantitative estimate of drug-likeness (QED) is 0.417. The second kappa shape index (κ2) is 8.65. The minimum absolute atomic E-state index is 0.208. The van der Waals surface area contributed by atoms with Crippen LogP contribution in [0.2, 0.25) is 0 Å². The topological polar surface area (TPSA) is 83.7 Å². The summed E-state index contributed by atoms with van der Waals surface area (Å²) in [6.07, 6.45) is -0.697. The molecule has 3 aromatic carbocycles. The molecule has 0 N–H and O–H groups in total. The van der Waals surface area contributed by atoms with Gasteiger partial charge in [-0.05, 0) is 54.1 Å². The van der Waals surface area contributed by atoms with Crippen LogP contribution in [-0.2, 0) is 9.53 Å². The Labute approximate surface area is 173 Å². The molecule has 7 nitrogen and oxygen atoms in total. The summed E-state index contributed by atoms with van der Waals surface area (Å²) in [4.78, 5) is 12.2. The molecule has 7 heteroatoms. The Morgan fingerprint density at radius 2 is 1.70 bits per heavy atom. The summed E-state index contributed by atoms with van der Waals surface area (Å²) >= 11 is 0. The number of carbonyl (C=O) groups is 1. The number of hydrogen-bond donors (Lipinski definition) is 0. The number of fused-ring (bicyclic) bond motifs is 1. The number of hydrogen-bond acceptors (Lipinski definition) is 7. The first-order chi connectivity index (χ1) is 14.6. The van der Waals surface area contributed by atoms with E-state index in [0.717, 1.165) is 22.1 Å². The maximum absolute atomic E-state index is 12.2. The Morgan fingerprint density at radius 3 is 2.47 bits per heavy atom. The molecule has 0 aliphatic heterocycles. The smallest absolute Gasteiger partial charge is 0.344 e. The monoisotopic (exact) mass is 404 g/mol. The summed E-state index contributed by atoms with van der Waals surface area (Å²) in [5.74, 6) is 1.34. The molecule has 0 unspecified atom stereocenters. The van der Waals surface area contributed by atoms with Crippen LogP contribution < -0.4 is 9.47 Å². The number of nitrogens with zero attached hydrogens (tertiary/aromatic N) is 2. The van der Waals surface area contributed by atoms with Gasteiger partial charge in [0.15, 0.2) is 12.7 Å². The molecule has 1 aromatic heterocycles. The largest absolute Gasteiger partial charge is 0.497 e. The van der Waals surface area contributed by atoms with Crippen molar-refractivity contribution in [1.29, 1.82) is 0 Å². The van der Waals surface area contributed by atoms with E-state index in [4.69, 9.17) is 18.6 Å². The van der Waals surface area contributed by atoms with Crippen molar-refractivity contribution in [3.05, 3.63) is 72.6 Å². The third-order valence-electron chi connectivity index (χ3n) is 4.51. The average Bonchev–Trinajstić information content (AvgIpc) is 3.28. The van der Waals surface area contributed by atoms with Gasteiger partial charge < -0.3 is 18.6 Å². The molecule has 0 saturated carbocycles. The van der Waals surface area contributed by atoms with Crippen molar-refractivity contribution >= 4 is 16.7 Å². The van der Waals surface area contributed by atoms with Crippen LogP contribution in [0.4, 0.5) is 0 Å². The molecular weight excluding hydrogens is 384 g/mol. The molecule has 0 radical (unpaired) electrons. The van der Waals surface area contributed by atoms with Gasteiger partial charge in [0.1, 0.15) is 11.5 Å². The van der Waals surface area contributed by atoms with Crippen LogP contribution in [0.25, 0.3) is 22.2 Å². The minimum Gasteiger partial charge on any atom is -0.497 e. The number of aromatic nitrogens is 2. The van der Waals surface area contributed by atoms with Crippen LogP contribution in [0, 0.1) is 0 Å². The first-order valence-corrected chi connectivity index (χ1v) is 9.41. The molecule has 0 bridgehead atoms. The Morgan fingerprint density at radius 1 is 0.967 bits per heavy atom. The summed E-state index contributed by atoms with van der Waals surface area (Å²) < 4.78 is 21.7. The lowest BCUT2D eigenvalue weighted by Gasteiger charge is -2.11. The summed E-state index contributed by atoms with van der Waals surface area (Å²) in [5, 5.41) is 10.1. The molecule has 0 aliphatic rings. The molecule has 1 atom stereocenters. The van der Waals surface area contributed by atoms with E-state index in [2.05, 4.69) is 10.2 Å². The normalized spacial score (nSPS) is 11.8. The van der Waals surface area contributed by atoms with Gasteiger partial charge in [-0.2, -0.15) is 0 Å². The maximum Gasteiger partial charge on any atom is 0.344 e. The Balaban J connectivity index is 1.34. The van der Waals surface area contributed by atoms with Crippen molar-refractivity contribution in [2.24, 2.45) is 0 Å².